The van der Waals surface area contributed by atoms with Crippen molar-refractivity contribution < 1.29 is 19.1 Å². The van der Waals surface area contributed by atoms with Crippen LogP contribution in [0.15, 0.2) is 66.9 Å². The van der Waals surface area contributed by atoms with Gasteiger partial charge in [0.1, 0.15) is 11.9 Å². The van der Waals surface area contributed by atoms with E-state index in [0.29, 0.717) is 29.1 Å². The fourth-order valence-corrected chi connectivity index (χ4v) is 3.62. The van der Waals surface area contributed by atoms with Crippen LogP contribution in [0.5, 0.6) is 5.75 Å². The molecule has 1 aliphatic rings. The maximum atomic E-state index is 13.2. The minimum Gasteiger partial charge on any atom is -0.497 e. The molecular formula is C24H23N3O4. The SMILES string of the molecule is CCOC(=O)c1ccccc1N[C@@H]1c2ncccc2C(=O)N1Cc1ccc(OC)cc1. The van der Waals surface area contributed by atoms with Crippen molar-refractivity contribution in [2.24, 2.45) is 0 Å². The minimum absolute atomic E-state index is 0.120. The van der Waals surface area contributed by atoms with Gasteiger partial charge in [-0.1, -0.05) is 24.3 Å². The number of hydrogen-bond acceptors (Lipinski definition) is 6. The van der Waals surface area contributed by atoms with Crippen LogP contribution < -0.4 is 10.1 Å². The Morgan fingerprint density at radius 3 is 2.61 bits per heavy atom. The van der Waals surface area contributed by atoms with Gasteiger partial charge in [0.05, 0.1) is 36.2 Å². The molecule has 3 aromatic rings. The first-order valence-corrected chi connectivity index (χ1v) is 10.0. The molecule has 0 saturated heterocycles. The number of hydrogen-bond donors (Lipinski definition) is 1. The fourth-order valence-electron chi connectivity index (χ4n) is 3.62. The summed E-state index contributed by atoms with van der Waals surface area (Å²) in [6.45, 7) is 2.42. The zero-order valence-corrected chi connectivity index (χ0v) is 17.4. The van der Waals surface area contributed by atoms with Crippen molar-refractivity contribution in [3.8, 4) is 5.75 Å². The molecule has 0 unspecified atom stereocenters. The predicted molar refractivity (Wildman–Crippen MR) is 116 cm³/mol. The van der Waals surface area contributed by atoms with Gasteiger partial charge >= 0.3 is 5.97 Å². The highest BCUT2D eigenvalue weighted by atomic mass is 16.5. The number of amides is 1. The molecule has 1 aliphatic heterocycles. The molecular weight excluding hydrogens is 394 g/mol. The monoisotopic (exact) mass is 417 g/mol. The lowest BCUT2D eigenvalue weighted by atomic mass is 10.1. The van der Waals surface area contributed by atoms with Crippen molar-refractivity contribution in [2.75, 3.05) is 19.0 Å². The van der Waals surface area contributed by atoms with Crippen molar-refractivity contribution in [1.29, 1.82) is 0 Å². The van der Waals surface area contributed by atoms with Gasteiger partial charge in [-0.3, -0.25) is 9.78 Å². The van der Waals surface area contributed by atoms with Gasteiger partial charge in [0.25, 0.3) is 5.91 Å². The normalized spacial score (nSPS) is 14.8. The maximum Gasteiger partial charge on any atom is 0.340 e. The zero-order chi connectivity index (χ0) is 21.8. The average molecular weight is 417 g/mol. The van der Waals surface area contributed by atoms with E-state index < -0.39 is 12.1 Å². The Hall–Kier alpha value is -3.87. The first-order valence-electron chi connectivity index (χ1n) is 10.0. The van der Waals surface area contributed by atoms with Crippen LogP contribution in [-0.2, 0) is 11.3 Å². The van der Waals surface area contributed by atoms with Crippen LogP contribution in [0.25, 0.3) is 0 Å². The molecule has 0 bridgehead atoms. The summed E-state index contributed by atoms with van der Waals surface area (Å²) in [6.07, 6.45) is 1.14. The number of anilines is 1. The number of nitrogens with zero attached hydrogens (tertiary/aromatic N) is 2. The summed E-state index contributed by atoms with van der Waals surface area (Å²) < 4.78 is 10.4. The topological polar surface area (TPSA) is 80.8 Å². The van der Waals surface area contributed by atoms with Crippen molar-refractivity contribution >= 4 is 17.6 Å². The van der Waals surface area contributed by atoms with Gasteiger partial charge in [-0.15, -0.1) is 0 Å². The summed E-state index contributed by atoms with van der Waals surface area (Å²) in [6, 6.07) is 18.2. The van der Waals surface area contributed by atoms with Crippen LogP contribution in [0.3, 0.4) is 0 Å². The lowest BCUT2D eigenvalue weighted by molar-refractivity contribution is 0.0527. The molecule has 0 radical (unpaired) electrons. The highest BCUT2D eigenvalue weighted by Crippen LogP contribution is 2.35. The van der Waals surface area contributed by atoms with E-state index in [4.69, 9.17) is 9.47 Å². The van der Waals surface area contributed by atoms with Gasteiger partial charge in [0.2, 0.25) is 0 Å². The number of carbonyl (C=O) groups excluding carboxylic acids is 2. The van der Waals surface area contributed by atoms with E-state index in [2.05, 4.69) is 10.3 Å². The van der Waals surface area contributed by atoms with Crippen LogP contribution in [-0.4, -0.2) is 35.5 Å². The number of carbonyl (C=O) groups is 2. The van der Waals surface area contributed by atoms with Gasteiger partial charge in [0.15, 0.2) is 0 Å². The second-order valence-corrected chi connectivity index (χ2v) is 7.03. The maximum absolute atomic E-state index is 13.2. The van der Waals surface area contributed by atoms with Gasteiger partial charge in [-0.05, 0) is 48.9 Å². The number of benzene rings is 2. The Kier molecular flexibility index (Phi) is 5.84. The smallest absolute Gasteiger partial charge is 0.340 e. The van der Waals surface area contributed by atoms with E-state index >= 15 is 0 Å². The van der Waals surface area contributed by atoms with E-state index in [9.17, 15) is 9.59 Å². The molecule has 2 heterocycles. The number of pyridine rings is 1. The van der Waals surface area contributed by atoms with Gasteiger partial charge in [-0.2, -0.15) is 0 Å². The highest BCUT2D eigenvalue weighted by Gasteiger charge is 2.38. The van der Waals surface area contributed by atoms with Crippen LogP contribution in [0.2, 0.25) is 0 Å². The minimum atomic E-state index is -0.527. The quantitative estimate of drug-likeness (QED) is 0.585. The Bertz CT molecular complexity index is 1100. The number of rotatable bonds is 7. The highest BCUT2D eigenvalue weighted by molar-refractivity contribution is 6.00. The molecule has 1 N–H and O–H groups in total. The summed E-state index contributed by atoms with van der Waals surface area (Å²) in [7, 11) is 1.61. The summed E-state index contributed by atoms with van der Waals surface area (Å²) in [5.41, 5.74) is 3.11. The summed E-state index contributed by atoms with van der Waals surface area (Å²) in [5, 5.41) is 3.35. The number of esters is 1. The Labute approximate surface area is 180 Å². The molecule has 7 nitrogen and oxygen atoms in total. The molecule has 1 atom stereocenters. The molecule has 7 heteroatoms. The predicted octanol–water partition coefficient (Wildman–Crippen LogP) is 4.03. The molecule has 0 spiro atoms. The second-order valence-electron chi connectivity index (χ2n) is 7.03. The fraction of sp³-hybridized carbons (Fsp3) is 0.208. The van der Waals surface area contributed by atoms with E-state index in [-0.39, 0.29) is 12.5 Å². The van der Waals surface area contributed by atoms with Crippen LogP contribution >= 0.6 is 0 Å². The largest absolute Gasteiger partial charge is 0.497 e. The van der Waals surface area contributed by atoms with E-state index in [1.807, 2.05) is 30.3 Å². The van der Waals surface area contributed by atoms with Gasteiger partial charge < -0.3 is 19.7 Å². The van der Waals surface area contributed by atoms with Gasteiger partial charge in [-0.25, -0.2) is 4.79 Å². The zero-order valence-electron chi connectivity index (χ0n) is 17.4. The third-order valence-corrected chi connectivity index (χ3v) is 5.13. The Morgan fingerprint density at radius 2 is 1.87 bits per heavy atom. The third-order valence-electron chi connectivity index (χ3n) is 5.13. The summed E-state index contributed by atoms with van der Waals surface area (Å²) >= 11 is 0. The molecule has 1 aromatic heterocycles. The van der Waals surface area contributed by atoms with E-state index in [0.717, 1.165) is 11.3 Å². The van der Waals surface area contributed by atoms with Gasteiger partial charge in [0, 0.05) is 12.7 Å². The first-order chi connectivity index (χ1) is 15.1. The van der Waals surface area contributed by atoms with Crippen molar-refractivity contribution in [1.82, 2.24) is 9.88 Å². The Morgan fingerprint density at radius 1 is 1.10 bits per heavy atom. The van der Waals surface area contributed by atoms with E-state index in [1.165, 1.54) is 0 Å². The molecule has 2 aromatic carbocycles. The van der Waals surface area contributed by atoms with Crippen LogP contribution in [0.4, 0.5) is 5.69 Å². The first kappa shape index (κ1) is 20.4. The Balaban J connectivity index is 1.68. The number of nitrogens with one attached hydrogen (secondary N) is 1. The second kappa shape index (κ2) is 8.87. The third kappa shape index (κ3) is 4.07. The summed E-state index contributed by atoms with van der Waals surface area (Å²) in [5.74, 6) is 0.211. The van der Waals surface area contributed by atoms with Crippen LogP contribution in [0.1, 0.15) is 45.1 Å². The standard InChI is InChI=1S/C24H23N3O4/c1-3-31-24(29)18-7-4-5-9-20(18)26-22-21-19(8-6-14-25-21)23(28)27(22)15-16-10-12-17(30-2)13-11-16/h4-14,22,26H,3,15H2,1-2H3/t22-/m0/s1. The lowest BCUT2D eigenvalue weighted by Gasteiger charge is -2.27. The lowest BCUT2D eigenvalue weighted by Crippen LogP contribution is -2.32. The number of ether oxygens (including phenoxy) is 2. The molecule has 0 aliphatic carbocycles. The molecule has 0 fully saturated rings. The number of para-hydroxylation sites is 1. The van der Waals surface area contributed by atoms with Crippen molar-refractivity contribution in [3.63, 3.8) is 0 Å². The summed E-state index contributed by atoms with van der Waals surface area (Å²) in [4.78, 5) is 31.8. The molecule has 4 rings (SSSR count). The van der Waals surface area contributed by atoms with Crippen molar-refractivity contribution in [3.05, 3.63) is 89.2 Å². The number of methoxy groups -OCH3 is 1. The van der Waals surface area contributed by atoms with Crippen LogP contribution in [0, 0.1) is 0 Å². The molecule has 31 heavy (non-hydrogen) atoms. The molecule has 1 amide bonds. The van der Waals surface area contributed by atoms with E-state index in [1.54, 1.807) is 55.5 Å². The number of fused-ring (bicyclic) bond motifs is 1. The molecule has 158 valence electrons. The van der Waals surface area contributed by atoms with Crippen molar-refractivity contribution in [2.45, 2.75) is 19.6 Å². The number of aromatic nitrogens is 1. The average Bonchev–Trinajstić information content (AvgIpc) is 3.06. The molecule has 0 saturated carbocycles.